The summed E-state index contributed by atoms with van der Waals surface area (Å²) >= 11 is 0. The van der Waals surface area contributed by atoms with E-state index in [0.717, 1.165) is 52.1 Å². The van der Waals surface area contributed by atoms with E-state index < -0.39 is 0 Å². The highest BCUT2D eigenvalue weighted by molar-refractivity contribution is 5.76. The van der Waals surface area contributed by atoms with Crippen molar-refractivity contribution >= 4 is 11.8 Å². The highest BCUT2D eigenvalue weighted by Crippen LogP contribution is 2.10. The van der Waals surface area contributed by atoms with Crippen LogP contribution in [0.2, 0.25) is 0 Å². The van der Waals surface area contributed by atoms with E-state index in [2.05, 4.69) is 35.1 Å². The number of hydrogen-bond acceptors (Lipinski definition) is 4. The summed E-state index contributed by atoms with van der Waals surface area (Å²) in [5.41, 5.74) is 0. The monoisotopic (exact) mass is 426 g/mol. The van der Waals surface area contributed by atoms with Crippen molar-refractivity contribution in [1.82, 2.24) is 21.3 Å². The molecule has 0 aromatic heterocycles. The third kappa shape index (κ3) is 23.1. The molecule has 0 bridgehead atoms. The SMILES string of the molecule is CCCNC(=O)CCNCCCCCCCCCCCCNCCC(=O)NCCC. The van der Waals surface area contributed by atoms with Crippen LogP contribution >= 0.6 is 0 Å². The van der Waals surface area contributed by atoms with Crippen molar-refractivity contribution < 1.29 is 9.59 Å². The number of nitrogens with one attached hydrogen (secondary N) is 4. The van der Waals surface area contributed by atoms with Gasteiger partial charge in [0.2, 0.25) is 11.8 Å². The minimum atomic E-state index is 0.160. The molecular formula is C24H50N4O2. The summed E-state index contributed by atoms with van der Waals surface area (Å²) in [6.45, 7) is 9.35. The zero-order valence-electron chi connectivity index (χ0n) is 20.0. The van der Waals surface area contributed by atoms with Crippen molar-refractivity contribution in [2.75, 3.05) is 39.3 Å². The standard InChI is InChI=1S/C24H50N4O2/c1-3-17-27-23(29)15-21-25-19-13-11-9-7-5-6-8-10-12-14-20-26-22-16-24(30)28-18-4-2/h25-26H,3-22H2,1-2H3,(H,27,29)(H,28,30). The largest absolute Gasteiger partial charge is 0.356 e. The molecule has 0 unspecified atom stereocenters. The number of carbonyl (C=O) groups is 2. The molecule has 0 saturated heterocycles. The van der Waals surface area contributed by atoms with Gasteiger partial charge in [0, 0.05) is 39.0 Å². The molecule has 30 heavy (non-hydrogen) atoms. The maximum Gasteiger partial charge on any atom is 0.221 e. The molecule has 0 radical (unpaired) electrons. The van der Waals surface area contributed by atoms with Crippen LogP contribution in [0.1, 0.15) is 104 Å². The average Bonchev–Trinajstić information content (AvgIpc) is 2.75. The molecule has 0 rings (SSSR count). The van der Waals surface area contributed by atoms with Crippen LogP contribution in [0, 0.1) is 0 Å². The second-order valence-electron chi connectivity index (χ2n) is 8.24. The molecule has 178 valence electrons. The van der Waals surface area contributed by atoms with Crippen LogP contribution in [0.4, 0.5) is 0 Å². The van der Waals surface area contributed by atoms with Crippen molar-refractivity contribution in [3.63, 3.8) is 0 Å². The maximum atomic E-state index is 11.4. The van der Waals surface area contributed by atoms with Crippen molar-refractivity contribution in [3.05, 3.63) is 0 Å². The summed E-state index contributed by atoms with van der Waals surface area (Å²) in [4.78, 5) is 22.9. The fraction of sp³-hybridized carbons (Fsp3) is 0.917. The van der Waals surface area contributed by atoms with Crippen LogP contribution in [-0.4, -0.2) is 51.1 Å². The lowest BCUT2D eigenvalue weighted by atomic mass is 10.1. The van der Waals surface area contributed by atoms with Gasteiger partial charge in [0.05, 0.1) is 0 Å². The lowest BCUT2D eigenvalue weighted by Gasteiger charge is -2.06. The Hall–Kier alpha value is -1.14. The minimum absolute atomic E-state index is 0.160. The molecule has 0 aromatic rings. The first-order chi connectivity index (χ1) is 14.7. The van der Waals surface area contributed by atoms with Gasteiger partial charge < -0.3 is 21.3 Å². The zero-order chi connectivity index (χ0) is 22.1. The number of hydrogen-bond donors (Lipinski definition) is 4. The van der Waals surface area contributed by atoms with Crippen molar-refractivity contribution in [3.8, 4) is 0 Å². The fourth-order valence-electron chi connectivity index (χ4n) is 3.27. The molecule has 0 aliphatic carbocycles. The molecule has 4 N–H and O–H groups in total. The van der Waals surface area contributed by atoms with Crippen LogP contribution < -0.4 is 21.3 Å². The topological polar surface area (TPSA) is 82.3 Å². The Bertz CT molecular complexity index is 355. The van der Waals surface area contributed by atoms with E-state index in [9.17, 15) is 9.59 Å². The van der Waals surface area contributed by atoms with E-state index in [4.69, 9.17) is 0 Å². The lowest BCUT2D eigenvalue weighted by Crippen LogP contribution is -2.28. The number of carbonyl (C=O) groups excluding carboxylic acids is 2. The summed E-state index contributed by atoms with van der Waals surface area (Å²) in [5.74, 6) is 0.319. The first-order valence-corrected chi connectivity index (χ1v) is 12.7. The van der Waals surface area contributed by atoms with Crippen LogP contribution in [0.25, 0.3) is 0 Å². The second kappa shape index (κ2) is 24.1. The van der Waals surface area contributed by atoms with Gasteiger partial charge in [-0.15, -0.1) is 0 Å². The molecule has 0 aliphatic rings. The van der Waals surface area contributed by atoms with E-state index in [-0.39, 0.29) is 11.8 Å². The minimum Gasteiger partial charge on any atom is -0.356 e. The van der Waals surface area contributed by atoms with Gasteiger partial charge in [0.25, 0.3) is 0 Å². The molecular weight excluding hydrogens is 376 g/mol. The molecule has 2 amide bonds. The molecule has 6 heteroatoms. The highest BCUT2D eigenvalue weighted by atomic mass is 16.2. The van der Waals surface area contributed by atoms with Crippen LogP contribution in [0.3, 0.4) is 0 Å². The van der Waals surface area contributed by atoms with Gasteiger partial charge in [-0.2, -0.15) is 0 Å². The van der Waals surface area contributed by atoms with Crippen LogP contribution in [0.5, 0.6) is 0 Å². The summed E-state index contributed by atoms with van der Waals surface area (Å²) in [7, 11) is 0. The number of amides is 2. The van der Waals surface area contributed by atoms with Crippen molar-refractivity contribution in [1.29, 1.82) is 0 Å². The van der Waals surface area contributed by atoms with Gasteiger partial charge in [-0.3, -0.25) is 9.59 Å². The van der Waals surface area contributed by atoms with E-state index in [1.165, 1.54) is 64.2 Å². The number of unbranched alkanes of at least 4 members (excludes halogenated alkanes) is 9. The zero-order valence-corrected chi connectivity index (χ0v) is 20.0. The first-order valence-electron chi connectivity index (χ1n) is 12.7. The first kappa shape index (κ1) is 28.9. The van der Waals surface area contributed by atoms with Gasteiger partial charge in [-0.05, 0) is 38.8 Å². The Morgan fingerprint density at radius 1 is 0.467 bits per heavy atom. The molecule has 0 atom stereocenters. The highest BCUT2D eigenvalue weighted by Gasteiger charge is 2.00. The average molecular weight is 427 g/mol. The predicted molar refractivity (Wildman–Crippen MR) is 128 cm³/mol. The summed E-state index contributed by atoms with van der Waals surface area (Å²) < 4.78 is 0. The second-order valence-corrected chi connectivity index (χ2v) is 8.24. The molecule has 6 nitrogen and oxygen atoms in total. The van der Waals surface area contributed by atoms with Crippen molar-refractivity contribution in [2.24, 2.45) is 0 Å². The van der Waals surface area contributed by atoms with E-state index in [0.29, 0.717) is 12.8 Å². The molecule has 0 aliphatic heterocycles. The Kier molecular flexibility index (Phi) is 23.2. The third-order valence-corrected chi connectivity index (χ3v) is 5.16. The summed E-state index contributed by atoms with van der Waals surface area (Å²) in [6.07, 6.45) is 16.2. The van der Waals surface area contributed by atoms with Crippen LogP contribution in [-0.2, 0) is 9.59 Å². The maximum absolute atomic E-state index is 11.4. The molecule has 0 aromatic carbocycles. The van der Waals surface area contributed by atoms with Gasteiger partial charge in [0.1, 0.15) is 0 Å². The van der Waals surface area contributed by atoms with Crippen LogP contribution in [0.15, 0.2) is 0 Å². The Labute approximate surface area is 186 Å². The normalized spacial score (nSPS) is 10.9. The Balaban J connectivity index is 3.11. The molecule has 0 spiro atoms. The lowest BCUT2D eigenvalue weighted by molar-refractivity contribution is -0.121. The fourth-order valence-corrected chi connectivity index (χ4v) is 3.27. The Morgan fingerprint density at radius 3 is 1.13 bits per heavy atom. The summed E-state index contributed by atoms with van der Waals surface area (Å²) in [5, 5.41) is 12.5. The van der Waals surface area contributed by atoms with Gasteiger partial charge >= 0.3 is 0 Å². The Morgan fingerprint density at radius 2 is 0.800 bits per heavy atom. The predicted octanol–water partition coefficient (Wildman–Crippen LogP) is 3.90. The van der Waals surface area contributed by atoms with E-state index >= 15 is 0 Å². The molecule has 0 fully saturated rings. The smallest absolute Gasteiger partial charge is 0.221 e. The number of rotatable bonds is 23. The van der Waals surface area contributed by atoms with Gasteiger partial charge in [0.15, 0.2) is 0 Å². The molecule has 0 saturated carbocycles. The van der Waals surface area contributed by atoms with E-state index in [1.54, 1.807) is 0 Å². The van der Waals surface area contributed by atoms with Gasteiger partial charge in [-0.25, -0.2) is 0 Å². The summed E-state index contributed by atoms with van der Waals surface area (Å²) in [6, 6.07) is 0. The molecule has 0 heterocycles. The van der Waals surface area contributed by atoms with E-state index in [1.807, 2.05) is 0 Å². The quantitative estimate of drug-likeness (QED) is 0.187. The van der Waals surface area contributed by atoms with Crippen molar-refractivity contribution in [2.45, 2.75) is 104 Å². The third-order valence-electron chi connectivity index (χ3n) is 5.16. The van der Waals surface area contributed by atoms with Gasteiger partial charge in [-0.1, -0.05) is 65.2 Å².